The van der Waals surface area contributed by atoms with E-state index in [2.05, 4.69) is 0 Å². The Kier molecular flexibility index (Phi) is 7.32. The summed E-state index contributed by atoms with van der Waals surface area (Å²) in [6.45, 7) is 4.16. The third kappa shape index (κ3) is 4.59. The summed E-state index contributed by atoms with van der Waals surface area (Å²) in [6.07, 6.45) is -0.712. The highest BCUT2D eigenvalue weighted by Crippen LogP contribution is 2.31. The molecule has 1 aromatic carbocycles. The molecule has 3 atom stereocenters. The van der Waals surface area contributed by atoms with Gasteiger partial charge in [-0.25, -0.2) is 4.39 Å². The van der Waals surface area contributed by atoms with E-state index in [4.69, 9.17) is 9.47 Å². The lowest BCUT2D eigenvalue weighted by atomic mass is 10.2. The number of alkyl halides is 1. The van der Waals surface area contributed by atoms with Crippen LogP contribution in [0.5, 0.6) is 0 Å². The summed E-state index contributed by atoms with van der Waals surface area (Å²) in [6, 6.07) is 9.78. The lowest BCUT2D eigenvalue weighted by Crippen LogP contribution is -2.35. The van der Waals surface area contributed by atoms with E-state index in [0.29, 0.717) is 6.61 Å². The van der Waals surface area contributed by atoms with Crippen molar-refractivity contribution in [1.82, 2.24) is 0 Å². The van der Waals surface area contributed by atoms with Crippen molar-refractivity contribution in [2.75, 3.05) is 13.7 Å². The molecule has 18 heavy (non-hydrogen) atoms. The van der Waals surface area contributed by atoms with Gasteiger partial charge in [0, 0.05) is 18.6 Å². The van der Waals surface area contributed by atoms with Crippen LogP contribution in [-0.2, 0) is 9.47 Å². The predicted octanol–water partition coefficient (Wildman–Crippen LogP) is 3.90. The van der Waals surface area contributed by atoms with Crippen molar-refractivity contribution in [3.05, 3.63) is 30.3 Å². The van der Waals surface area contributed by atoms with Gasteiger partial charge in [0.05, 0.1) is 11.4 Å². The molecule has 0 aliphatic carbocycles. The standard InChI is InChI=1S/C14H21FO2S/c1-4-12(16-3)13(14(15)17-5-2)18-11-9-7-6-8-10-11/h6-10,12-14H,4-5H2,1-3H3. The van der Waals surface area contributed by atoms with E-state index in [0.717, 1.165) is 11.3 Å². The van der Waals surface area contributed by atoms with Crippen molar-refractivity contribution in [3.8, 4) is 0 Å². The summed E-state index contributed by atoms with van der Waals surface area (Å²) >= 11 is 1.47. The van der Waals surface area contributed by atoms with Crippen molar-refractivity contribution >= 4 is 11.8 Å². The fourth-order valence-corrected chi connectivity index (χ4v) is 3.01. The van der Waals surface area contributed by atoms with Gasteiger partial charge in [0.15, 0.2) is 0 Å². The highest BCUT2D eigenvalue weighted by Gasteiger charge is 2.30. The van der Waals surface area contributed by atoms with E-state index in [-0.39, 0.29) is 11.4 Å². The van der Waals surface area contributed by atoms with E-state index in [1.165, 1.54) is 11.8 Å². The van der Waals surface area contributed by atoms with E-state index in [1.807, 2.05) is 37.3 Å². The minimum Gasteiger partial charge on any atom is -0.380 e. The second-order valence-electron chi connectivity index (χ2n) is 3.88. The van der Waals surface area contributed by atoms with Gasteiger partial charge in [-0.3, -0.25) is 0 Å². The van der Waals surface area contributed by atoms with Gasteiger partial charge in [-0.15, -0.1) is 11.8 Å². The Morgan fingerprint density at radius 2 is 1.89 bits per heavy atom. The molecule has 0 spiro atoms. The monoisotopic (exact) mass is 272 g/mol. The predicted molar refractivity (Wildman–Crippen MR) is 73.7 cm³/mol. The first-order valence-corrected chi connectivity index (χ1v) is 7.11. The number of methoxy groups -OCH3 is 1. The Labute approximate surface area is 113 Å². The maximum Gasteiger partial charge on any atom is 0.213 e. The maximum absolute atomic E-state index is 14.1. The quantitative estimate of drug-likeness (QED) is 0.669. The SMILES string of the molecule is CCOC(F)C(Sc1ccccc1)C(CC)OC. The highest BCUT2D eigenvalue weighted by atomic mass is 32.2. The zero-order valence-corrected chi connectivity index (χ0v) is 12.0. The molecule has 0 N–H and O–H groups in total. The van der Waals surface area contributed by atoms with Gasteiger partial charge in [0.25, 0.3) is 0 Å². The largest absolute Gasteiger partial charge is 0.380 e. The molecule has 4 heteroatoms. The summed E-state index contributed by atoms with van der Waals surface area (Å²) in [5.41, 5.74) is 0. The van der Waals surface area contributed by atoms with Crippen LogP contribution in [0.1, 0.15) is 20.3 Å². The molecule has 102 valence electrons. The van der Waals surface area contributed by atoms with Crippen LogP contribution in [0.3, 0.4) is 0 Å². The zero-order chi connectivity index (χ0) is 13.4. The number of hydrogen-bond donors (Lipinski definition) is 0. The van der Waals surface area contributed by atoms with E-state index in [9.17, 15) is 4.39 Å². The van der Waals surface area contributed by atoms with Crippen LogP contribution >= 0.6 is 11.8 Å². The summed E-state index contributed by atoms with van der Waals surface area (Å²) in [4.78, 5) is 1.03. The first kappa shape index (κ1) is 15.5. The third-order valence-electron chi connectivity index (χ3n) is 2.67. The Balaban J connectivity index is 2.76. The van der Waals surface area contributed by atoms with Gasteiger partial charge in [-0.2, -0.15) is 0 Å². The molecule has 0 heterocycles. The lowest BCUT2D eigenvalue weighted by Gasteiger charge is -2.27. The van der Waals surface area contributed by atoms with E-state index in [1.54, 1.807) is 14.0 Å². The molecule has 0 aliphatic rings. The van der Waals surface area contributed by atoms with Crippen LogP contribution < -0.4 is 0 Å². The average Bonchev–Trinajstić information content (AvgIpc) is 2.40. The molecule has 0 fully saturated rings. The van der Waals surface area contributed by atoms with Crippen LogP contribution in [0.15, 0.2) is 35.2 Å². The van der Waals surface area contributed by atoms with Crippen LogP contribution in [0.4, 0.5) is 4.39 Å². The Hall–Kier alpha value is -0.580. The van der Waals surface area contributed by atoms with Gasteiger partial charge >= 0.3 is 0 Å². The number of halogens is 1. The topological polar surface area (TPSA) is 18.5 Å². The van der Waals surface area contributed by atoms with Crippen LogP contribution in [0.2, 0.25) is 0 Å². The minimum absolute atomic E-state index is 0.156. The Bertz CT molecular complexity index is 317. The molecular formula is C14H21FO2S. The number of thioether (sulfide) groups is 1. The molecule has 0 aliphatic heterocycles. The Morgan fingerprint density at radius 1 is 1.22 bits per heavy atom. The van der Waals surface area contributed by atoms with Crippen LogP contribution in [-0.4, -0.2) is 31.4 Å². The molecule has 0 bridgehead atoms. The molecule has 0 amide bonds. The van der Waals surface area contributed by atoms with Gasteiger partial charge < -0.3 is 9.47 Å². The Morgan fingerprint density at radius 3 is 2.39 bits per heavy atom. The number of ether oxygens (including phenoxy) is 2. The van der Waals surface area contributed by atoms with Gasteiger partial charge in [-0.05, 0) is 25.5 Å². The second kappa shape index (κ2) is 8.51. The maximum atomic E-state index is 14.1. The molecular weight excluding hydrogens is 251 g/mol. The molecule has 1 aromatic rings. The number of benzene rings is 1. The molecule has 0 radical (unpaired) electrons. The summed E-state index contributed by atoms with van der Waals surface area (Å²) in [5.74, 6) is 0. The molecule has 0 saturated carbocycles. The first-order valence-electron chi connectivity index (χ1n) is 6.23. The van der Waals surface area contributed by atoms with E-state index < -0.39 is 6.36 Å². The fraction of sp³-hybridized carbons (Fsp3) is 0.571. The third-order valence-corrected chi connectivity index (χ3v) is 4.01. The van der Waals surface area contributed by atoms with Crippen molar-refractivity contribution in [1.29, 1.82) is 0 Å². The van der Waals surface area contributed by atoms with Crippen molar-refractivity contribution in [2.24, 2.45) is 0 Å². The van der Waals surface area contributed by atoms with Crippen molar-refractivity contribution in [2.45, 2.75) is 42.9 Å². The minimum atomic E-state index is -1.31. The molecule has 0 aromatic heterocycles. The normalized spacial score (nSPS) is 16.2. The van der Waals surface area contributed by atoms with Crippen molar-refractivity contribution in [3.63, 3.8) is 0 Å². The van der Waals surface area contributed by atoms with Gasteiger partial charge in [-0.1, -0.05) is 25.1 Å². The summed E-state index contributed by atoms with van der Waals surface area (Å²) in [7, 11) is 1.62. The second-order valence-corrected chi connectivity index (χ2v) is 5.14. The highest BCUT2D eigenvalue weighted by molar-refractivity contribution is 8.00. The summed E-state index contributed by atoms with van der Waals surface area (Å²) < 4.78 is 24.5. The fourth-order valence-electron chi connectivity index (χ4n) is 1.74. The van der Waals surface area contributed by atoms with E-state index >= 15 is 0 Å². The number of rotatable bonds is 8. The first-order chi connectivity index (χ1) is 8.72. The zero-order valence-electron chi connectivity index (χ0n) is 11.1. The summed E-state index contributed by atoms with van der Waals surface area (Å²) in [5, 5.41) is -0.345. The average molecular weight is 272 g/mol. The molecule has 3 unspecified atom stereocenters. The lowest BCUT2D eigenvalue weighted by molar-refractivity contribution is -0.0616. The molecule has 1 rings (SSSR count). The van der Waals surface area contributed by atoms with Crippen molar-refractivity contribution < 1.29 is 13.9 Å². The smallest absolute Gasteiger partial charge is 0.213 e. The number of hydrogen-bond acceptors (Lipinski definition) is 3. The van der Waals surface area contributed by atoms with Gasteiger partial charge in [0.1, 0.15) is 0 Å². The molecule has 2 nitrogen and oxygen atoms in total. The van der Waals surface area contributed by atoms with Crippen LogP contribution in [0.25, 0.3) is 0 Å². The van der Waals surface area contributed by atoms with Gasteiger partial charge in [0.2, 0.25) is 6.36 Å². The van der Waals surface area contributed by atoms with Crippen LogP contribution in [0, 0.1) is 0 Å². The molecule has 0 saturated heterocycles.